The van der Waals surface area contributed by atoms with E-state index >= 15 is 0 Å². The number of rotatable bonds is 2. The molecule has 1 N–H and O–H groups in total. The molecule has 1 amide bonds. The van der Waals surface area contributed by atoms with Crippen molar-refractivity contribution in [3.63, 3.8) is 0 Å². The number of ketones is 1. The predicted octanol–water partition coefficient (Wildman–Crippen LogP) is 1.94. The topological polar surface area (TPSA) is 46.2 Å². The van der Waals surface area contributed by atoms with E-state index in [-0.39, 0.29) is 11.7 Å². The molecule has 0 unspecified atom stereocenters. The van der Waals surface area contributed by atoms with E-state index in [1.165, 1.54) is 0 Å². The SMILES string of the molecule is C=C(C)C(=O)Nc1ccc2c(c1)C(=O)C2. The molecular formula is C12H11NO2. The lowest BCUT2D eigenvalue weighted by atomic mass is 9.87. The zero-order valence-corrected chi connectivity index (χ0v) is 8.46. The highest BCUT2D eigenvalue weighted by Crippen LogP contribution is 2.25. The minimum absolute atomic E-state index is 0.136. The van der Waals surface area contributed by atoms with Gasteiger partial charge in [0.25, 0.3) is 5.91 Å². The number of amides is 1. The average molecular weight is 201 g/mol. The number of hydrogen-bond donors (Lipinski definition) is 1. The van der Waals surface area contributed by atoms with Crippen LogP contribution in [-0.2, 0) is 11.2 Å². The van der Waals surface area contributed by atoms with E-state index in [4.69, 9.17) is 0 Å². The van der Waals surface area contributed by atoms with Gasteiger partial charge in [-0.15, -0.1) is 0 Å². The maximum absolute atomic E-state index is 11.3. The third-order valence-electron chi connectivity index (χ3n) is 2.41. The molecule has 0 atom stereocenters. The van der Waals surface area contributed by atoms with Crippen molar-refractivity contribution in [2.75, 3.05) is 5.32 Å². The molecule has 1 aromatic rings. The lowest BCUT2D eigenvalue weighted by molar-refractivity contribution is -0.112. The molecule has 0 saturated heterocycles. The number of Topliss-reactive ketones (excluding diaryl/α,β-unsaturated/α-hetero) is 1. The minimum Gasteiger partial charge on any atom is -0.322 e. The van der Waals surface area contributed by atoms with Crippen molar-refractivity contribution in [1.82, 2.24) is 0 Å². The molecule has 0 radical (unpaired) electrons. The highest BCUT2D eigenvalue weighted by molar-refractivity contribution is 6.08. The molecule has 0 spiro atoms. The lowest BCUT2D eigenvalue weighted by Crippen LogP contribution is -2.20. The third kappa shape index (κ3) is 1.68. The van der Waals surface area contributed by atoms with Crippen LogP contribution in [0.15, 0.2) is 30.4 Å². The van der Waals surface area contributed by atoms with E-state index in [1.807, 2.05) is 6.07 Å². The van der Waals surface area contributed by atoms with Crippen molar-refractivity contribution in [3.05, 3.63) is 41.5 Å². The second-order valence-electron chi connectivity index (χ2n) is 3.71. The molecule has 0 fully saturated rings. The number of carbonyl (C=O) groups is 2. The second kappa shape index (κ2) is 3.35. The monoisotopic (exact) mass is 201 g/mol. The van der Waals surface area contributed by atoms with Gasteiger partial charge in [0.05, 0.1) is 0 Å². The molecule has 0 aromatic heterocycles. The van der Waals surface area contributed by atoms with E-state index in [1.54, 1.807) is 19.1 Å². The van der Waals surface area contributed by atoms with Gasteiger partial charge in [0, 0.05) is 23.2 Å². The number of hydrogen-bond acceptors (Lipinski definition) is 2. The van der Waals surface area contributed by atoms with Crippen LogP contribution < -0.4 is 5.32 Å². The first kappa shape index (κ1) is 9.65. The first-order valence-corrected chi connectivity index (χ1v) is 4.71. The standard InChI is InChI=1S/C12H11NO2/c1-7(2)12(15)13-9-4-3-8-5-11(14)10(8)6-9/h3-4,6H,1,5H2,2H3,(H,13,15). The summed E-state index contributed by atoms with van der Waals surface area (Å²) >= 11 is 0. The molecule has 1 aromatic carbocycles. The van der Waals surface area contributed by atoms with Crippen LogP contribution in [0.2, 0.25) is 0 Å². The van der Waals surface area contributed by atoms with E-state index < -0.39 is 0 Å². The van der Waals surface area contributed by atoms with Gasteiger partial charge in [-0.3, -0.25) is 9.59 Å². The second-order valence-corrected chi connectivity index (χ2v) is 3.71. The Labute approximate surface area is 87.8 Å². The minimum atomic E-state index is -0.221. The summed E-state index contributed by atoms with van der Waals surface area (Å²) in [4.78, 5) is 22.5. The van der Waals surface area contributed by atoms with E-state index in [0.29, 0.717) is 17.7 Å². The third-order valence-corrected chi connectivity index (χ3v) is 2.41. The number of benzene rings is 1. The number of fused-ring (bicyclic) bond motifs is 1. The van der Waals surface area contributed by atoms with Gasteiger partial charge in [0.1, 0.15) is 0 Å². The zero-order chi connectivity index (χ0) is 11.0. The van der Waals surface area contributed by atoms with Crippen LogP contribution in [-0.4, -0.2) is 11.7 Å². The molecule has 0 aliphatic heterocycles. The van der Waals surface area contributed by atoms with E-state index in [2.05, 4.69) is 11.9 Å². The van der Waals surface area contributed by atoms with Gasteiger partial charge < -0.3 is 5.32 Å². The van der Waals surface area contributed by atoms with Crippen molar-refractivity contribution in [3.8, 4) is 0 Å². The number of anilines is 1. The molecule has 15 heavy (non-hydrogen) atoms. The van der Waals surface area contributed by atoms with E-state index in [9.17, 15) is 9.59 Å². The average Bonchev–Trinajstić information content (AvgIpc) is 2.18. The Hall–Kier alpha value is -1.90. The smallest absolute Gasteiger partial charge is 0.250 e. The Kier molecular flexibility index (Phi) is 2.15. The van der Waals surface area contributed by atoms with Crippen molar-refractivity contribution in [2.45, 2.75) is 13.3 Å². The summed E-state index contributed by atoms with van der Waals surface area (Å²) in [7, 11) is 0. The molecular weight excluding hydrogens is 190 g/mol. The van der Waals surface area contributed by atoms with Gasteiger partial charge >= 0.3 is 0 Å². The zero-order valence-electron chi connectivity index (χ0n) is 8.46. The molecule has 3 nitrogen and oxygen atoms in total. The Bertz CT molecular complexity index is 475. The first-order valence-electron chi connectivity index (χ1n) is 4.71. The molecule has 0 saturated carbocycles. The van der Waals surface area contributed by atoms with Gasteiger partial charge in [0.15, 0.2) is 5.78 Å². The van der Waals surface area contributed by atoms with E-state index in [0.717, 1.165) is 11.1 Å². The fraction of sp³-hybridized carbons (Fsp3) is 0.167. The Morgan fingerprint density at radius 2 is 2.20 bits per heavy atom. The summed E-state index contributed by atoms with van der Waals surface area (Å²) in [6.07, 6.45) is 0.518. The van der Waals surface area contributed by atoms with Gasteiger partial charge in [-0.2, -0.15) is 0 Å². The predicted molar refractivity (Wildman–Crippen MR) is 57.9 cm³/mol. The summed E-state index contributed by atoms with van der Waals surface area (Å²) < 4.78 is 0. The van der Waals surface area contributed by atoms with Crippen LogP contribution in [0.25, 0.3) is 0 Å². The first-order chi connectivity index (χ1) is 7.08. The fourth-order valence-corrected chi connectivity index (χ4v) is 1.47. The summed E-state index contributed by atoms with van der Waals surface area (Å²) in [5, 5.41) is 2.67. The van der Waals surface area contributed by atoms with Crippen LogP contribution in [0.3, 0.4) is 0 Å². The maximum Gasteiger partial charge on any atom is 0.250 e. The van der Waals surface area contributed by atoms with Crippen molar-refractivity contribution < 1.29 is 9.59 Å². The Morgan fingerprint density at radius 1 is 1.47 bits per heavy atom. The molecule has 2 rings (SSSR count). The van der Waals surface area contributed by atoms with Gasteiger partial charge in [-0.1, -0.05) is 12.6 Å². The summed E-state index contributed by atoms with van der Waals surface area (Å²) in [5.74, 6) is -0.0850. The van der Waals surface area contributed by atoms with Crippen LogP contribution in [0, 0.1) is 0 Å². The van der Waals surface area contributed by atoms with Gasteiger partial charge in [-0.25, -0.2) is 0 Å². The normalized spacial score (nSPS) is 12.7. The molecule has 0 heterocycles. The van der Waals surface area contributed by atoms with Crippen LogP contribution >= 0.6 is 0 Å². The summed E-state index contributed by atoms with van der Waals surface area (Å²) in [6.45, 7) is 5.18. The Balaban J connectivity index is 2.20. The van der Waals surface area contributed by atoms with Crippen molar-refractivity contribution in [2.24, 2.45) is 0 Å². The number of nitrogens with one attached hydrogen (secondary N) is 1. The molecule has 1 aliphatic carbocycles. The highest BCUT2D eigenvalue weighted by Gasteiger charge is 2.23. The molecule has 3 heteroatoms. The number of carbonyl (C=O) groups excluding carboxylic acids is 2. The maximum atomic E-state index is 11.3. The molecule has 0 bridgehead atoms. The molecule has 1 aliphatic rings. The largest absolute Gasteiger partial charge is 0.322 e. The Morgan fingerprint density at radius 3 is 2.80 bits per heavy atom. The quantitative estimate of drug-likeness (QED) is 0.743. The summed E-state index contributed by atoms with van der Waals surface area (Å²) in [5.41, 5.74) is 2.86. The molecule has 76 valence electrons. The van der Waals surface area contributed by atoms with Crippen LogP contribution in [0.4, 0.5) is 5.69 Å². The highest BCUT2D eigenvalue weighted by atomic mass is 16.1. The lowest BCUT2D eigenvalue weighted by Gasteiger charge is -2.18. The van der Waals surface area contributed by atoms with Gasteiger partial charge in [0.2, 0.25) is 0 Å². The van der Waals surface area contributed by atoms with Crippen molar-refractivity contribution in [1.29, 1.82) is 0 Å². The van der Waals surface area contributed by atoms with Crippen LogP contribution in [0.1, 0.15) is 22.8 Å². The fourth-order valence-electron chi connectivity index (χ4n) is 1.47. The van der Waals surface area contributed by atoms with Crippen molar-refractivity contribution >= 4 is 17.4 Å². The van der Waals surface area contributed by atoms with Crippen LogP contribution in [0.5, 0.6) is 0 Å². The summed E-state index contributed by atoms with van der Waals surface area (Å²) in [6, 6.07) is 5.37. The van der Waals surface area contributed by atoms with Gasteiger partial charge in [-0.05, 0) is 24.6 Å².